The van der Waals surface area contributed by atoms with Crippen LogP contribution in [0.25, 0.3) is 0 Å². The number of ether oxygens (including phenoxy) is 1. The number of aliphatic imine (C=N–C) groups is 1. The maximum absolute atomic E-state index is 5.40. The van der Waals surface area contributed by atoms with Gasteiger partial charge in [-0.15, -0.1) is 0 Å². The summed E-state index contributed by atoms with van der Waals surface area (Å²) in [5.41, 5.74) is 0. The lowest BCUT2D eigenvalue weighted by molar-refractivity contribution is 0.0320. The van der Waals surface area contributed by atoms with E-state index in [2.05, 4.69) is 34.0 Å². The van der Waals surface area contributed by atoms with Gasteiger partial charge >= 0.3 is 0 Å². The second-order valence-corrected chi connectivity index (χ2v) is 6.62. The molecule has 1 unspecified atom stereocenters. The van der Waals surface area contributed by atoms with Crippen LogP contribution in [0.3, 0.4) is 0 Å². The van der Waals surface area contributed by atoms with Crippen LogP contribution in [0.15, 0.2) is 4.99 Å². The summed E-state index contributed by atoms with van der Waals surface area (Å²) in [4.78, 5) is 9.36. The van der Waals surface area contributed by atoms with Crippen LogP contribution >= 0.6 is 0 Å². The molecule has 2 saturated heterocycles. The maximum Gasteiger partial charge on any atom is 0.193 e. The summed E-state index contributed by atoms with van der Waals surface area (Å²) in [7, 11) is 1.90. The van der Waals surface area contributed by atoms with Crippen molar-refractivity contribution in [1.29, 1.82) is 0 Å². The van der Waals surface area contributed by atoms with Crippen molar-refractivity contribution >= 4 is 5.96 Å². The Hall–Kier alpha value is -0.810. The average molecular weight is 296 g/mol. The van der Waals surface area contributed by atoms with Gasteiger partial charge in [0.1, 0.15) is 0 Å². The van der Waals surface area contributed by atoms with E-state index in [0.717, 1.165) is 64.4 Å². The molecule has 0 amide bonds. The molecule has 2 fully saturated rings. The highest BCUT2D eigenvalue weighted by Gasteiger charge is 2.19. The molecule has 5 nitrogen and oxygen atoms in total. The second-order valence-electron chi connectivity index (χ2n) is 6.62. The monoisotopic (exact) mass is 296 g/mol. The lowest BCUT2D eigenvalue weighted by Crippen LogP contribution is -2.47. The molecule has 0 aromatic carbocycles. The van der Waals surface area contributed by atoms with Crippen molar-refractivity contribution in [2.75, 3.05) is 59.5 Å². The number of nitrogens with zero attached hydrogens (tertiary/aromatic N) is 3. The van der Waals surface area contributed by atoms with Gasteiger partial charge in [-0.3, -0.25) is 9.89 Å². The van der Waals surface area contributed by atoms with E-state index in [-0.39, 0.29) is 0 Å². The van der Waals surface area contributed by atoms with Crippen molar-refractivity contribution in [3.05, 3.63) is 0 Å². The molecule has 0 aliphatic carbocycles. The summed E-state index contributed by atoms with van der Waals surface area (Å²) in [6.45, 7) is 13.0. The van der Waals surface area contributed by atoms with Gasteiger partial charge in [0, 0.05) is 46.3 Å². The normalized spacial score (nSPS) is 24.1. The summed E-state index contributed by atoms with van der Waals surface area (Å²) in [5.74, 6) is 2.57. The Morgan fingerprint density at radius 3 is 2.52 bits per heavy atom. The molecule has 1 N–H and O–H groups in total. The molecule has 0 spiro atoms. The fraction of sp³-hybridized carbons (Fsp3) is 0.938. The minimum Gasteiger partial charge on any atom is -0.379 e. The summed E-state index contributed by atoms with van der Waals surface area (Å²) in [5, 5.41) is 3.56. The number of hydrogen-bond donors (Lipinski definition) is 1. The second kappa shape index (κ2) is 8.59. The topological polar surface area (TPSA) is 40.1 Å². The number of nitrogens with one attached hydrogen (secondary N) is 1. The first kappa shape index (κ1) is 16.6. The summed E-state index contributed by atoms with van der Waals surface area (Å²) in [6.07, 6.45) is 2.56. The van der Waals surface area contributed by atoms with Crippen molar-refractivity contribution in [3.8, 4) is 0 Å². The van der Waals surface area contributed by atoms with Crippen molar-refractivity contribution < 1.29 is 4.74 Å². The lowest BCUT2D eigenvalue weighted by atomic mass is 9.99. The van der Waals surface area contributed by atoms with Gasteiger partial charge in [-0.2, -0.15) is 0 Å². The van der Waals surface area contributed by atoms with Gasteiger partial charge in [0.05, 0.1) is 13.2 Å². The zero-order valence-electron chi connectivity index (χ0n) is 14.0. The van der Waals surface area contributed by atoms with Gasteiger partial charge in [-0.05, 0) is 24.7 Å². The summed E-state index contributed by atoms with van der Waals surface area (Å²) in [6, 6.07) is 0. The first-order valence-corrected chi connectivity index (χ1v) is 8.44. The molecule has 0 bridgehead atoms. The van der Waals surface area contributed by atoms with Crippen LogP contribution in [-0.4, -0.2) is 75.3 Å². The SMILES string of the molecule is CN=C(NCC(C)CN1CCOCC1)N1CCC(C)CC1. The molecule has 2 aliphatic rings. The van der Waals surface area contributed by atoms with Crippen molar-refractivity contribution in [2.45, 2.75) is 26.7 Å². The zero-order chi connectivity index (χ0) is 15.1. The third kappa shape index (κ3) is 5.47. The summed E-state index contributed by atoms with van der Waals surface area (Å²) >= 11 is 0. The number of likely N-dealkylation sites (tertiary alicyclic amines) is 1. The van der Waals surface area contributed by atoms with E-state index in [4.69, 9.17) is 4.74 Å². The molecule has 122 valence electrons. The van der Waals surface area contributed by atoms with Crippen LogP contribution < -0.4 is 5.32 Å². The number of guanidine groups is 1. The molecule has 2 rings (SSSR count). The fourth-order valence-corrected chi connectivity index (χ4v) is 3.11. The lowest BCUT2D eigenvalue weighted by Gasteiger charge is -2.34. The van der Waals surface area contributed by atoms with Crippen LogP contribution in [0.1, 0.15) is 26.7 Å². The minimum atomic E-state index is 0.628. The predicted octanol–water partition coefficient (Wildman–Crippen LogP) is 1.26. The number of piperidine rings is 1. The molecule has 2 heterocycles. The first-order chi connectivity index (χ1) is 10.2. The molecule has 5 heteroatoms. The highest BCUT2D eigenvalue weighted by Crippen LogP contribution is 2.15. The van der Waals surface area contributed by atoms with E-state index in [1.165, 1.54) is 12.8 Å². The molecule has 0 aromatic rings. The molecule has 0 saturated carbocycles. The van der Waals surface area contributed by atoms with E-state index in [0.29, 0.717) is 5.92 Å². The van der Waals surface area contributed by atoms with Crippen LogP contribution in [0, 0.1) is 11.8 Å². The zero-order valence-corrected chi connectivity index (χ0v) is 14.0. The van der Waals surface area contributed by atoms with Crippen LogP contribution in [0.4, 0.5) is 0 Å². The standard InChI is InChI=1S/C16H32N4O/c1-14-4-6-20(7-5-14)16(17-3)18-12-15(2)13-19-8-10-21-11-9-19/h14-15H,4-13H2,1-3H3,(H,17,18). The Morgan fingerprint density at radius 1 is 1.24 bits per heavy atom. The number of morpholine rings is 1. The maximum atomic E-state index is 5.40. The smallest absolute Gasteiger partial charge is 0.193 e. The third-order valence-corrected chi connectivity index (χ3v) is 4.58. The average Bonchev–Trinajstić information content (AvgIpc) is 2.50. The predicted molar refractivity (Wildman–Crippen MR) is 87.8 cm³/mol. The van der Waals surface area contributed by atoms with Crippen molar-refractivity contribution in [1.82, 2.24) is 15.1 Å². The van der Waals surface area contributed by atoms with E-state index in [9.17, 15) is 0 Å². The quantitative estimate of drug-likeness (QED) is 0.626. The largest absolute Gasteiger partial charge is 0.379 e. The molecule has 0 aromatic heterocycles. The highest BCUT2D eigenvalue weighted by molar-refractivity contribution is 5.79. The Balaban J connectivity index is 1.69. The molecule has 0 radical (unpaired) electrons. The Morgan fingerprint density at radius 2 is 1.90 bits per heavy atom. The fourth-order valence-electron chi connectivity index (χ4n) is 3.11. The van der Waals surface area contributed by atoms with Crippen molar-refractivity contribution in [2.24, 2.45) is 16.8 Å². The molecule has 2 aliphatic heterocycles. The van der Waals surface area contributed by atoms with Crippen molar-refractivity contribution in [3.63, 3.8) is 0 Å². The molecular weight excluding hydrogens is 264 g/mol. The van der Waals surface area contributed by atoms with Gasteiger partial charge in [-0.1, -0.05) is 13.8 Å². The Bertz CT molecular complexity index is 320. The Labute approximate surface area is 129 Å². The van der Waals surface area contributed by atoms with E-state index in [1.807, 2.05) is 7.05 Å². The van der Waals surface area contributed by atoms with E-state index in [1.54, 1.807) is 0 Å². The first-order valence-electron chi connectivity index (χ1n) is 8.44. The van der Waals surface area contributed by atoms with Crippen LogP contribution in [0.2, 0.25) is 0 Å². The minimum absolute atomic E-state index is 0.628. The molecule has 1 atom stereocenters. The third-order valence-electron chi connectivity index (χ3n) is 4.58. The van der Waals surface area contributed by atoms with Gasteiger partial charge in [0.15, 0.2) is 5.96 Å². The van der Waals surface area contributed by atoms with Gasteiger partial charge in [0.25, 0.3) is 0 Å². The molecular formula is C16H32N4O. The van der Waals surface area contributed by atoms with Gasteiger partial charge in [0.2, 0.25) is 0 Å². The van der Waals surface area contributed by atoms with Crippen LogP contribution in [0.5, 0.6) is 0 Å². The number of hydrogen-bond acceptors (Lipinski definition) is 3. The molecule has 21 heavy (non-hydrogen) atoms. The van der Waals surface area contributed by atoms with Crippen LogP contribution in [-0.2, 0) is 4.74 Å². The van der Waals surface area contributed by atoms with E-state index < -0.39 is 0 Å². The summed E-state index contributed by atoms with van der Waals surface area (Å²) < 4.78 is 5.40. The van der Waals surface area contributed by atoms with Gasteiger partial charge in [-0.25, -0.2) is 0 Å². The Kier molecular flexibility index (Phi) is 6.77. The van der Waals surface area contributed by atoms with E-state index >= 15 is 0 Å². The van der Waals surface area contributed by atoms with Gasteiger partial charge < -0.3 is 15.0 Å². The number of rotatable bonds is 4. The highest BCUT2D eigenvalue weighted by atomic mass is 16.5.